The molecule has 1 fully saturated rings. The van der Waals surface area contributed by atoms with E-state index in [0.29, 0.717) is 11.8 Å². The molecule has 0 heterocycles. The summed E-state index contributed by atoms with van der Waals surface area (Å²) in [5.41, 5.74) is 2.71. The third-order valence-corrected chi connectivity index (χ3v) is 5.52. The highest BCUT2D eigenvalue weighted by molar-refractivity contribution is 5.66. The second-order valence-corrected chi connectivity index (χ2v) is 7.09. The Labute approximate surface area is 118 Å². The molecule has 6 atom stereocenters. The van der Waals surface area contributed by atoms with Crippen molar-refractivity contribution in [3.8, 4) is 0 Å². The van der Waals surface area contributed by atoms with Crippen LogP contribution in [0.3, 0.4) is 0 Å². The number of fused-ring (bicyclic) bond motifs is 1. The third-order valence-electron chi connectivity index (χ3n) is 5.52. The highest BCUT2D eigenvalue weighted by Gasteiger charge is 2.42. The molecule has 2 aliphatic rings. The molecule has 0 aromatic carbocycles. The zero-order chi connectivity index (χ0) is 14.2. The molecule has 106 valence electrons. The van der Waals surface area contributed by atoms with E-state index in [-0.39, 0.29) is 0 Å². The van der Waals surface area contributed by atoms with Crippen molar-refractivity contribution < 1.29 is 4.79 Å². The first kappa shape index (κ1) is 14.6. The van der Waals surface area contributed by atoms with E-state index >= 15 is 0 Å². The highest BCUT2D eigenvalue weighted by atomic mass is 16.1. The molecular formula is C18H28O. The maximum Gasteiger partial charge on any atom is 0.142 e. The molecule has 0 amide bonds. The van der Waals surface area contributed by atoms with E-state index in [9.17, 15) is 4.79 Å². The molecule has 0 spiro atoms. The van der Waals surface area contributed by atoms with Crippen molar-refractivity contribution in [2.75, 3.05) is 0 Å². The summed E-state index contributed by atoms with van der Waals surface area (Å²) in [6.45, 7) is 11.6. The van der Waals surface area contributed by atoms with Gasteiger partial charge in [-0.05, 0) is 62.4 Å². The van der Waals surface area contributed by atoms with Gasteiger partial charge in [0.25, 0.3) is 0 Å². The van der Waals surface area contributed by atoms with Crippen molar-refractivity contribution in [1.82, 2.24) is 0 Å². The summed E-state index contributed by atoms with van der Waals surface area (Å²) in [4.78, 5) is 10.8. The lowest BCUT2D eigenvalue weighted by Crippen LogP contribution is -2.40. The van der Waals surface area contributed by atoms with Crippen LogP contribution >= 0.6 is 0 Å². The molecule has 0 saturated heterocycles. The maximum absolute atomic E-state index is 10.8. The zero-order valence-corrected chi connectivity index (χ0v) is 13.0. The fourth-order valence-electron chi connectivity index (χ4n) is 5.08. The van der Waals surface area contributed by atoms with E-state index in [2.05, 4.69) is 40.7 Å². The van der Waals surface area contributed by atoms with Crippen LogP contribution in [-0.2, 0) is 4.79 Å². The van der Waals surface area contributed by atoms with Crippen LogP contribution in [0.4, 0.5) is 0 Å². The van der Waals surface area contributed by atoms with Crippen molar-refractivity contribution in [2.45, 2.75) is 47.5 Å². The predicted octanol–water partition coefficient (Wildman–Crippen LogP) is 4.64. The van der Waals surface area contributed by atoms with Gasteiger partial charge in [0.1, 0.15) is 6.29 Å². The molecule has 1 heteroatoms. The first-order chi connectivity index (χ1) is 8.95. The molecule has 2 rings (SSSR count). The molecule has 2 aliphatic carbocycles. The summed E-state index contributed by atoms with van der Waals surface area (Å²) < 4.78 is 0. The molecule has 0 N–H and O–H groups in total. The van der Waals surface area contributed by atoms with Gasteiger partial charge in [-0.25, -0.2) is 0 Å². The smallest absolute Gasteiger partial charge is 0.142 e. The Morgan fingerprint density at radius 1 is 1.26 bits per heavy atom. The van der Waals surface area contributed by atoms with E-state index in [4.69, 9.17) is 0 Å². The second kappa shape index (κ2) is 5.64. The van der Waals surface area contributed by atoms with Gasteiger partial charge in [0.2, 0.25) is 0 Å². The van der Waals surface area contributed by atoms with Crippen LogP contribution < -0.4 is 0 Å². The van der Waals surface area contributed by atoms with E-state index in [0.717, 1.165) is 30.0 Å². The molecule has 0 aliphatic heterocycles. The van der Waals surface area contributed by atoms with Gasteiger partial charge in [0, 0.05) is 5.92 Å². The van der Waals surface area contributed by atoms with E-state index in [1.807, 2.05) is 0 Å². The molecule has 0 aromatic heterocycles. The monoisotopic (exact) mass is 260 g/mol. The molecule has 1 nitrogen and oxygen atoms in total. The van der Waals surface area contributed by atoms with Crippen LogP contribution in [0.1, 0.15) is 47.5 Å². The van der Waals surface area contributed by atoms with Gasteiger partial charge in [-0.3, -0.25) is 4.79 Å². The summed E-state index contributed by atoms with van der Waals surface area (Å²) in [7, 11) is 0. The minimum atomic E-state index is 0.474. The lowest BCUT2D eigenvalue weighted by atomic mass is 9.57. The van der Waals surface area contributed by atoms with Crippen molar-refractivity contribution in [2.24, 2.45) is 35.5 Å². The lowest BCUT2D eigenvalue weighted by Gasteiger charge is -2.48. The summed E-state index contributed by atoms with van der Waals surface area (Å²) in [6, 6.07) is 0. The van der Waals surface area contributed by atoms with Gasteiger partial charge < -0.3 is 0 Å². The number of hydrogen-bond donors (Lipinski definition) is 0. The minimum Gasteiger partial charge on any atom is -0.299 e. The fraction of sp³-hybridized carbons (Fsp3) is 0.722. The average molecular weight is 260 g/mol. The van der Waals surface area contributed by atoms with Crippen LogP contribution in [0.5, 0.6) is 0 Å². The molecule has 0 radical (unpaired) electrons. The largest absolute Gasteiger partial charge is 0.299 e. The standard InChI is InChI=1S/C18H28O/c1-11-8-13(3)18-15(5)17(12(2)6-7-19)14(4)10-16(18)9-11/h6-7,10-11,13,15-18H,8-9H2,1-5H3/b12-6+/t11?,13?,15-,16+,17?,18-/m1/s1. The molecule has 0 aromatic rings. The summed E-state index contributed by atoms with van der Waals surface area (Å²) >= 11 is 0. The van der Waals surface area contributed by atoms with Crippen molar-refractivity contribution in [3.63, 3.8) is 0 Å². The first-order valence-corrected chi connectivity index (χ1v) is 7.76. The summed E-state index contributed by atoms with van der Waals surface area (Å²) in [5.74, 6) is 4.35. The molecule has 0 bridgehead atoms. The van der Waals surface area contributed by atoms with Gasteiger partial charge in [-0.15, -0.1) is 0 Å². The topological polar surface area (TPSA) is 17.1 Å². The Balaban J connectivity index is 2.33. The Morgan fingerprint density at radius 3 is 2.58 bits per heavy atom. The summed E-state index contributed by atoms with van der Waals surface area (Å²) in [6.07, 6.45) is 7.92. The number of rotatable bonds is 2. The van der Waals surface area contributed by atoms with E-state index in [1.54, 1.807) is 6.08 Å². The Kier molecular flexibility index (Phi) is 4.32. The number of allylic oxidation sites excluding steroid dienone is 4. The van der Waals surface area contributed by atoms with Crippen LogP contribution in [0, 0.1) is 35.5 Å². The van der Waals surface area contributed by atoms with Gasteiger partial charge in [-0.2, -0.15) is 0 Å². The van der Waals surface area contributed by atoms with Gasteiger partial charge in [0.15, 0.2) is 0 Å². The molecule has 3 unspecified atom stereocenters. The van der Waals surface area contributed by atoms with Crippen molar-refractivity contribution in [3.05, 3.63) is 23.3 Å². The molecule has 1 saturated carbocycles. The first-order valence-electron chi connectivity index (χ1n) is 7.76. The van der Waals surface area contributed by atoms with E-state index < -0.39 is 0 Å². The minimum absolute atomic E-state index is 0.474. The van der Waals surface area contributed by atoms with Gasteiger partial charge in [-0.1, -0.05) is 38.0 Å². The molecule has 19 heavy (non-hydrogen) atoms. The highest BCUT2D eigenvalue weighted by Crippen LogP contribution is 2.50. The fourth-order valence-corrected chi connectivity index (χ4v) is 5.08. The molecular weight excluding hydrogens is 232 g/mol. The van der Waals surface area contributed by atoms with Crippen LogP contribution in [0.15, 0.2) is 23.3 Å². The average Bonchev–Trinajstić information content (AvgIpc) is 2.27. The van der Waals surface area contributed by atoms with Gasteiger partial charge >= 0.3 is 0 Å². The Bertz CT molecular complexity index is 404. The number of carbonyl (C=O) groups excluding carboxylic acids is 1. The Hall–Kier alpha value is -0.850. The normalized spacial score (nSPS) is 43.4. The zero-order valence-electron chi connectivity index (χ0n) is 13.0. The van der Waals surface area contributed by atoms with Crippen molar-refractivity contribution >= 4 is 6.29 Å². The quantitative estimate of drug-likeness (QED) is 0.401. The summed E-state index contributed by atoms with van der Waals surface area (Å²) in [5, 5.41) is 0. The van der Waals surface area contributed by atoms with E-state index in [1.165, 1.54) is 24.0 Å². The second-order valence-electron chi connectivity index (χ2n) is 7.09. The Morgan fingerprint density at radius 2 is 1.95 bits per heavy atom. The number of aldehydes is 1. The number of carbonyl (C=O) groups is 1. The van der Waals surface area contributed by atoms with Crippen LogP contribution in [0.2, 0.25) is 0 Å². The van der Waals surface area contributed by atoms with Crippen molar-refractivity contribution in [1.29, 1.82) is 0 Å². The third kappa shape index (κ3) is 2.70. The van der Waals surface area contributed by atoms with Crippen LogP contribution in [0.25, 0.3) is 0 Å². The van der Waals surface area contributed by atoms with Crippen LogP contribution in [-0.4, -0.2) is 6.29 Å². The predicted molar refractivity (Wildman–Crippen MR) is 80.8 cm³/mol. The number of hydrogen-bond acceptors (Lipinski definition) is 1. The maximum atomic E-state index is 10.8. The lowest BCUT2D eigenvalue weighted by molar-refractivity contribution is -0.104. The van der Waals surface area contributed by atoms with Gasteiger partial charge in [0.05, 0.1) is 0 Å². The SMILES string of the molecule is CC1=C[C@@H]2CC(C)CC(C)[C@@H]2[C@H](C)C1/C(C)=C/C=O.